The molecule has 3 rings (SSSR count). The molecule has 0 heterocycles. The predicted molar refractivity (Wildman–Crippen MR) is 101 cm³/mol. The Morgan fingerprint density at radius 3 is 2.30 bits per heavy atom. The van der Waals surface area contributed by atoms with Crippen LogP contribution in [-0.4, -0.2) is 24.8 Å². The smallest absolute Gasteiger partial charge is 0.167 e. The second-order valence-electron chi connectivity index (χ2n) is 5.94. The van der Waals surface area contributed by atoms with Gasteiger partial charge in [-0.05, 0) is 29.5 Å². The van der Waals surface area contributed by atoms with Gasteiger partial charge in [-0.3, -0.25) is 4.79 Å². The second-order valence-corrected chi connectivity index (χ2v) is 5.94. The van der Waals surface area contributed by atoms with E-state index in [4.69, 9.17) is 0 Å². The molecule has 0 saturated heterocycles. The van der Waals surface area contributed by atoms with Crippen molar-refractivity contribution in [3.05, 3.63) is 77.0 Å². The molecule has 0 amide bonds. The van der Waals surface area contributed by atoms with Crippen molar-refractivity contribution in [2.45, 2.75) is 19.3 Å². The van der Waals surface area contributed by atoms with Crippen LogP contribution in [0.15, 0.2) is 60.3 Å². The van der Waals surface area contributed by atoms with Gasteiger partial charge in [-0.25, -0.2) is 0 Å². The van der Waals surface area contributed by atoms with Crippen LogP contribution in [0, 0.1) is 0 Å². The average molecular weight is 372 g/mol. The third kappa shape index (κ3) is 3.73. The van der Waals surface area contributed by atoms with Crippen molar-refractivity contribution >= 4 is 28.3 Å². The van der Waals surface area contributed by atoms with Gasteiger partial charge in [-0.1, -0.05) is 54.6 Å². The second kappa shape index (κ2) is 7.60. The predicted octanol–water partition coefficient (Wildman–Crippen LogP) is 4.76. The first-order valence-electron chi connectivity index (χ1n) is 7.72. The summed E-state index contributed by atoms with van der Waals surface area (Å²) < 4.78 is 0. The van der Waals surface area contributed by atoms with Crippen LogP contribution in [0.1, 0.15) is 34.3 Å². The Kier molecular flexibility index (Phi) is 5.78. The van der Waals surface area contributed by atoms with Gasteiger partial charge in [0.25, 0.3) is 0 Å². The van der Waals surface area contributed by atoms with Crippen LogP contribution in [0.3, 0.4) is 0 Å². The summed E-state index contributed by atoms with van der Waals surface area (Å²) in [5, 5.41) is 0. The minimum absolute atomic E-state index is 0. The lowest BCUT2D eigenvalue weighted by molar-refractivity contribution is 0.0997. The Balaban J connectivity index is 0.00000192. The zero-order valence-corrected chi connectivity index (χ0v) is 15.3. The number of fused-ring (bicyclic) bond motifs is 1. The fraction of sp³-hybridized carbons (Fsp3) is 0.250. The summed E-state index contributed by atoms with van der Waals surface area (Å²) >= 11 is 0. The molecule has 3 heteroatoms. The SMILES string of the molecule is Br.CN(C)C1=C(CC(=O)c2ccccc2)c2ccccc2CC1. The molecule has 0 N–H and O–H groups in total. The molecule has 120 valence electrons. The van der Waals surface area contributed by atoms with E-state index in [1.165, 1.54) is 22.4 Å². The fourth-order valence-electron chi connectivity index (χ4n) is 3.17. The van der Waals surface area contributed by atoms with Crippen molar-refractivity contribution in [1.82, 2.24) is 4.90 Å². The minimum atomic E-state index is 0. The summed E-state index contributed by atoms with van der Waals surface area (Å²) in [6.07, 6.45) is 2.52. The van der Waals surface area contributed by atoms with E-state index in [9.17, 15) is 4.79 Å². The maximum absolute atomic E-state index is 12.6. The number of allylic oxidation sites excluding steroid dienone is 2. The lowest BCUT2D eigenvalue weighted by atomic mass is 9.85. The molecule has 0 aromatic heterocycles. The summed E-state index contributed by atoms with van der Waals surface area (Å²) in [5.74, 6) is 0.187. The van der Waals surface area contributed by atoms with Gasteiger partial charge >= 0.3 is 0 Å². The van der Waals surface area contributed by atoms with Crippen molar-refractivity contribution in [2.75, 3.05) is 14.1 Å². The first kappa shape index (κ1) is 17.5. The highest BCUT2D eigenvalue weighted by Gasteiger charge is 2.22. The number of carbonyl (C=O) groups is 1. The normalized spacial score (nSPS) is 13.1. The molecule has 23 heavy (non-hydrogen) atoms. The van der Waals surface area contributed by atoms with Crippen LogP contribution in [-0.2, 0) is 6.42 Å². The molecule has 2 nitrogen and oxygen atoms in total. The van der Waals surface area contributed by atoms with Gasteiger partial charge in [0.15, 0.2) is 5.78 Å². The molecule has 0 radical (unpaired) electrons. The van der Waals surface area contributed by atoms with Crippen molar-refractivity contribution in [2.24, 2.45) is 0 Å². The molecule has 1 aliphatic rings. The summed E-state index contributed by atoms with van der Waals surface area (Å²) in [6, 6.07) is 18.0. The van der Waals surface area contributed by atoms with E-state index in [0.717, 1.165) is 18.4 Å². The van der Waals surface area contributed by atoms with Gasteiger partial charge in [-0.2, -0.15) is 0 Å². The number of Topliss-reactive ketones (excluding diaryl/α,β-unsaturated/α-hetero) is 1. The number of rotatable bonds is 4. The van der Waals surface area contributed by atoms with Crippen LogP contribution in [0.4, 0.5) is 0 Å². The number of carbonyl (C=O) groups excluding carboxylic acids is 1. The highest BCUT2D eigenvalue weighted by atomic mass is 79.9. The Morgan fingerprint density at radius 2 is 1.61 bits per heavy atom. The Labute approximate surface area is 148 Å². The molecule has 0 fully saturated rings. The summed E-state index contributed by atoms with van der Waals surface area (Å²) in [4.78, 5) is 14.8. The lowest BCUT2D eigenvalue weighted by Crippen LogP contribution is -2.19. The summed E-state index contributed by atoms with van der Waals surface area (Å²) in [6.45, 7) is 0. The van der Waals surface area contributed by atoms with E-state index in [0.29, 0.717) is 6.42 Å². The number of benzene rings is 2. The lowest BCUT2D eigenvalue weighted by Gasteiger charge is -2.28. The van der Waals surface area contributed by atoms with Crippen molar-refractivity contribution in [1.29, 1.82) is 0 Å². The van der Waals surface area contributed by atoms with Crippen LogP contribution in [0.5, 0.6) is 0 Å². The molecule has 0 atom stereocenters. The third-order valence-corrected chi connectivity index (χ3v) is 4.29. The first-order chi connectivity index (χ1) is 10.7. The molecule has 0 bridgehead atoms. The maximum Gasteiger partial charge on any atom is 0.167 e. The Hall–Kier alpha value is -1.87. The van der Waals surface area contributed by atoms with Crippen LogP contribution >= 0.6 is 17.0 Å². The summed E-state index contributed by atoms with van der Waals surface area (Å²) in [7, 11) is 4.13. The van der Waals surface area contributed by atoms with Crippen molar-refractivity contribution in [3.63, 3.8) is 0 Å². The maximum atomic E-state index is 12.6. The largest absolute Gasteiger partial charge is 0.381 e. The van der Waals surface area contributed by atoms with Gasteiger partial charge < -0.3 is 4.90 Å². The molecular formula is C20H22BrNO. The number of hydrogen-bond acceptors (Lipinski definition) is 2. The number of halogens is 1. The van der Waals surface area contributed by atoms with Gasteiger partial charge in [-0.15, -0.1) is 17.0 Å². The Bertz CT molecular complexity index is 719. The zero-order chi connectivity index (χ0) is 15.5. The third-order valence-electron chi connectivity index (χ3n) is 4.29. The van der Waals surface area contributed by atoms with Crippen LogP contribution < -0.4 is 0 Å². The topological polar surface area (TPSA) is 20.3 Å². The number of ketones is 1. The molecule has 2 aromatic carbocycles. The number of aryl methyl sites for hydroxylation is 1. The van der Waals surface area contributed by atoms with Gasteiger partial charge in [0.1, 0.15) is 0 Å². The quantitative estimate of drug-likeness (QED) is 0.722. The zero-order valence-electron chi connectivity index (χ0n) is 13.6. The number of hydrogen-bond donors (Lipinski definition) is 0. The first-order valence-corrected chi connectivity index (χ1v) is 7.72. The molecular weight excluding hydrogens is 350 g/mol. The van der Waals surface area contributed by atoms with Crippen molar-refractivity contribution in [3.8, 4) is 0 Å². The van der Waals surface area contributed by atoms with Crippen molar-refractivity contribution < 1.29 is 4.79 Å². The molecule has 2 aromatic rings. The molecule has 0 unspecified atom stereocenters. The van der Waals surface area contributed by atoms with E-state index in [1.54, 1.807) is 0 Å². The summed E-state index contributed by atoms with van der Waals surface area (Å²) in [5.41, 5.74) is 5.84. The average Bonchev–Trinajstić information content (AvgIpc) is 2.55. The van der Waals surface area contributed by atoms with Gasteiger partial charge in [0.05, 0.1) is 0 Å². The van der Waals surface area contributed by atoms with Gasteiger partial charge in [0, 0.05) is 31.8 Å². The molecule has 0 spiro atoms. The minimum Gasteiger partial charge on any atom is -0.381 e. The highest BCUT2D eigenvalue weighted by molar-refractivity contribution is 8.93. The van der Waals surface area contributed by atoms with Gasteiger partial charge in [0.2, 0.25) is 0 Å². The standard InChI is InChI=1S/C20H21NO.BrH/c1-21(2)19-13-12-15-8-6-7-11-17(15)18(19)14-20(22)16-9-4-3-5-10-16;/h3-11H,12-14H2,1-2H3;1H. The van der Waals surface area contributed by atoms with E-state index < -0.39 is 0 Å². The van der Waals surface area contributed by atoms with Crippen LogP contribution in [0.25, 0.3) is 5.57 Å². The van der Waals surface area contributed by atoms with E-state index in [-0.39, 0.29) is 22.8 Å². The van der Waals surface area contributed by atoms with E-state index in [2.05, 4.69) is 43.3 Å². The van der Waals surface area contributed by atoms with E-state index >= 15 is 0 Å². The highest BCUT2D eigenvalue weighted by Crippen LogP contribution is 2.35. The Morgan fingerprint density at radius 1 is 0.957 bits per heavy atom. The van der Waals surface area contributed by atoms with E-state index in [1.807, 2.05) is 30.3 Å². The molecule has 1 aliphatic carbocycles. The monoisotopic (exact) mass is 371 g/mol. The number of nitrogens with zero attached hydrogens (tertiary/aromatic N) is 1. The molecule has 0 aliphatic heterocycles. The molecule has 0 saturated carbocycles. The fourth-order valence-corrected chi connectivity index (χ4v) is 3.17. The van der Waals surface area contributed by atoms with Crippen LogP contribution in [0.2, 0.25) is 0 Å².